The Morgan fingerprint density at radius 1 is 1.42 bits per heavy atom. The van der Waals surface area contributed by atoms with Crippen LogP contribution in [0, 0.1) is 0 Å². The minimum Gasteiger partial charge on any atom is -0.376 e. The van der Waals surface area contributed by atoms with Crippen molar-refractivity contribution >= 4 is 16.2 Å². The number of allylic oxidation sites excluding steroid dienone is 2. The lowest BCUT2D eigenvalue weighted by Crippen LogP contribution is -2.42. The number of hydrogen-bond acceptors (Lipinski definition) is 4. The van der Waals surface area contributed by atoms with E-state index in [9.17, 15) is 8.42 Å². The summed E-state index contributed by atoms with van der Waals surface area (Å²) in [5.74, 6) is 0.185. The molecule has 6 heteroatoms. The normalized spacial score (nSPS) is 14.9. The lowest BCUT2D eigenvalue weighted by molar-refractivity contribution is 0.362. The maximum absolute atomic E-state index is 11.8. The molecule has 0 aliphatic rings. The first-order chi connectivity index (χ1) is 8.86. The van der Waals surface area contributed by atoms with Crippen LogP contribution in [0.25, 0.3) is 0 Å². The average Bonchev–Trinajstić information content (AvgIpc) is 2.34. The molecular formula is C13H27N3O2S. The summed E-state index contributed by atoms with van der Waals surface area (Å²) in [4.78, 5) is 5.93. The Morgan fingerprint density at radius 3 is 2.53 bits per heavy atom. The van der Waals surface area contributed by atoms with Crippen molar-refractivity contribution in [2.24, 2.45) is 4.99 Å². The van der Waals surface area contributed by atoms with E-state index in [-0.39, 0.29) is 11.8 Å². The number of nitrogens with one attached hydrogen (secondary N) is 1. The number of rotatable bonds is 9. The zero-order chi connectivity index (χ0) is 14.9. The Balaban J connectivity index is 4.57. The highest BCUT2D eigenvalue weighted by Gasteiger charge is 2.17. The maximum Gasteiger partial charge on any atom is 0.211 e. The fourth-order valence-electron chi connectivity index (χ4n) is 1.62. The van der Waals surface area contributed by atoms with Gasteiger partial charge in [0.2, 0.25) is 10.0 Å². The van der Waals surface area contributed by atoms with Gasteiger partial charge < -0.3 is 4.90 Å². The molecule has 0 aliphatic heterocycles. The second-order valence-corrected chi connectivity index (χ2v) is 6.51. The van der Waals surface area contributed by atoms with Crippen LogP contribution in [0.1, 0.15) is 33.6 Å². The van der Waals surface area contributed by atoms with Gasteiger partial charge in [0.1, 0.15) is 0 Å². The van der Waals surface area contributed by atoms with Crippen molar-refractivity contribution in [2.45, 2.75) is 39.7 Å². The van der Waals surface area contributed by atoms with Crippen molar-refractivity contribution < 1.29 is 8.42 Å². The molecule has 0 aromatic carbocycles. The monoisotopic (exact) mass is 289 g/mol. The highest BCUT2D eigenvalue weighted by Crippen LogP contribution is 2.04. The average molecular weight is 289 g/mol. The number of sulfonamides is 1. The molecule has 0 aromatic heterocycles. The molecule has 1 unspecified atom stereocenters. The molecule has 1 atom stereocenters. The van der Waals surface area contributed by atoms with Crippen LogP contribution >= 0.6 is 0 Å². The fraction of sp³-hybridized carbons (Fsp3) is 0.769. The molecule has 0 radical (unpaired) electrons. The van der Waals surface area contributed by atoms with Crippen molar-refractivity contribution in [1.82, 2.24) is 9.62 Å². The summed E-state index contributed by atoms with van der Waals surface area (Å²) in [6.45, 7) is 6.48. The van der Waals surface area contributed by atoms with Crippen LogP contribution in [0.2, 0.25) is 0 Å². The Hall–Kier alpha value is -0.880. The van der Waals surface area contributed by atoms with Crippen molar-refractivity contribution in [2.75, 3.05) is 26.4 Å². The summed E-state index contributed by atoms with van der Waals surface area (Å²) in [6.07, 6.45) is 5.04. The fourth-order valence-corrected chi connectivity index (χ4v) is 3.02. The predicted octanol–water partition coefficient (Wildman–Crippen LogP) is 1.63. The summed E-state index contributed by atoms with van der Waals surface area (Å²) in [5.41, 5.74) is 1.05. The zero-order valence-corrected chi connectivity index (χ0v) is 13.5. The highest BCUT2D eigenvalue weighted by molar-refractivity contribution is 7.89. The largest absolute Gasteiger partial charge is 0.376 e. The Morgan fingerprint density at radius 2 is 2.05 bits per heavy atom. The smallest absolute Gasteiger partial charge is 0.211 e. The van der Waals surface area contributed by atoms with Crippen molar-refractivity contribution in [3.8, 4) is 0 Å². The van der Waals surface area contributed by atoms with E-state index >= 15 is 0 Å². The van der Waals surface area contributed by atoms with Gasteiger partial charge in [-0.3, -0.25) is 4.99 Å². The number of likely N-dealkylation sites (N-methyl/N-ethyl adjacent to an activating group) is 1. The van der Waals surface area contributed by atoms with E-state index in [0.717, 1.165) is 12.1 Å². The summed E-state index contributed by atoms with van der Waals surface area (Å²) >= 11 is 0. The Bertz CT molecular complexity index is 402. The standard InChI is InChI=1S/C13H27N3O2S/c1-6-10-19(17,18)15-13(7-2)11-16(5)12(3)8-9-14-4/h8-9,13,15H,6-7,10-11H2,1-5H3. The SMILES string of the molecule is CCCS(=O)(=O)NC(CC)CN(C)C(C)=CC=NC. The van der Waals surface area contributed by atoms with Gasteiger partial charge in [0.05, 0.1) is 5.75 Å². The molecule has 1 N–H and O–H groups in total. The van der Waals surface area contributed by atoms with Gasteiger partial charge in [0, 0.05) is 38.6 Å². The van der Waals surface area contributed by atoms with Crippen LogP contribution in [0.3, 0.4) is 0 Å². The molecule has 0 amide bonds. The van der Waals surface area contributed by atoms with Gasteiger partial charge in [-0.25, -0.2) is 13.1 Å². The van der Waals surface area contributed by atoms with E-state index in [1.165, 1.54) is 0 Å². The van der Waals surface area contributed by atoms with E-state index in [1.54, 1.807) is 13.3 Å². The van der Waals surface area contributed by atoms with Crippen LogP contribution < -0.4 is 4.72 Å². The number of hydrogen-bond donors (Lipinski definition) is 1. The molecule has 19 heavy (non-hydrogen) atoms. The van der Waals surface area contributed by atoms with Crippen LogP contribution in [-0.4, -0.2) is 52.0 Å². The lowest BCUT2D eigenvalue weighted by atomic mass is 10.2. The van der Waals surface area contributed by atoms with E-state index in [1.807, 2.05) is 38.8 Å². The molecule has 0 bridgehead atoms. The van der Waals surface area contributed by atoms with Crippen LogP contribution in [0.5, 0.6) is 0 Å². The second-order valence-electron chi connectivity index (χ2n) is 4.64. The first-order valence-corrected chi connectivity index (χ1v) is 8.31. The predicted molar refractivity (Wildman–Crippen MR) is 82.1 cm³/mol. The Kier molecular flexibility index (Phi) is 8.67. The molecule has 0 fully saturated rings. The molecule has 0 aliphatic carbocycles. The second kappa shape index (κ2) is 9.09. The molecule has 0 aromatic rings. The van der Waals surface area contributed by atoms with E-state index in [4.69, 9.17) is 0 Å². The van der Waals surface area contributed by atoms with Crippen LogP contribution in [0.15, 0.2) is 16.8 Å². The highest BCUT2D eigenvalue weighted by atomic mass is 32.2. The van der Waals surface area contributed by atoms with E-state index in [0.29, 0.717) is 13.0 Å². The maximum atomic E-state index is 11.8. The van der Waals surface area contributed by atoms with Crippen molar-refractivity contribution in [3.05, 3.63) is 11.8 Å². The molecule has 0 rings (SSSR count). The third-order valence-corrected chi connectivity index (χ3v) is 4.51. The lowest BCUT2D eigenvalue weighted by Gasteiger charge is -2.26. The Labute approximate surface area is 117 Å². The van der Waals surface area contributed by atoms with E-state index in [2.05, 4.69) is 9.71 Å². The quantitative estimate of drug-likeness (QED) is 0.656. The molecule has 5 nitrogen and oxygen atoms in total. The minimum absolute atomic E-state index is 0.0662. The molecule has 0 saturated carbocycles. The summed E-state index contributed by atoms with van der Waals surface area (Å²) < 4.78 is 26.3. The topological polar surface area (TPSA) is 61.8 Å². The summed E-state index contributed by atoms with van der Waals surface area (Å²) in [6, 6.07) is -0.0662. The molecule has 0 spiro atoms. The number of aliphatic imine (C=N–C) groups is 1. The summed E-state index contributed by atoms with van der Waals surface area (Å²) in [5, 5.41) is 0. The van der Waals surface area contributed by atoms with Crippen LogP contribution in [-0.2, 0) is 10.0 Å². The van der Waals surface area contributed by atoms with Gasteiger partial charge in [-0.05, 0) is 25.8 Å². The van der Waals surface area contributed by atoms with Gasteiger partial charge in [-0.2, -0.15) is 0 Å². The minimum atomic E-state index is -3.15. The molecular weight excluding hydrogens is 262 g/mol. The van der Waals surface area contributed by atoms with Gasteiger partial charge in [-0.15, -0.1) is 0 Å². The zero-order valence-electron chi connectivity index (χ0n) is 12.7. The molecule has 0 saturated heterocycles. The van der Waals surface area contributed by atoms with Crippen LogP contribution in [0.4, 0.5) is 0 Å². The van der Waals surface area contributed by atoms with E-state index < -0.39 is 10.0 Å². The van der Waals surface area contributed by atoms with Crippen molar-refractivity contribution in [3.63, 3.8) is 0 Å². The van der Waals surface area contributed by atoms with Gasteiger partial charge in [0.25, 0.3) is 0 Å². The third kappa shape index (κ3) is 8.00. The van der Waals surface area contributed by atoms with Crippen molar-refractivity contribution in [1.29, 1.82) is 0 Å². The first kappa shape index (κ1) is 18.1. The van der Waals surface area contributed by atoms with Gasteiger partial charge in [-0.1, -0.05) is 13.8 Å². The first-order valence-electron chi connectivity index (χ1n) is 6.66. The molecule has 112 valence electrons. The molecule has 0 heterocycles. The van der Waals surface area contributed by atoms with Gasteiger partial charge >= 0.3 is 0 Å². The summed E-state index contributed by atoms with van der Waals surface area (Å²) in [7, 11) is 0.517. The van der Waals surface area contributed by atoms with Gasteiger partial charge in [0.15, 0.2) is 0 Å². The third-order valence-electron chi connectivity index (χ3n) is 2.87. The number of nitrogens with zero attached hydrogens (tertiary/aromatic N) is 2.